The Bertz CT molecular complexity index is 917. The zero-order chi connectivity index (χ0) is 22.3. The summed E-state index contributed by atoms with van der Waals surface area (Å²) in [5.41, 5.74) is 3.76. The molecule has 0 aliphatic carbocycles. The number of carbonyl (C=O) groups is 1. The maximum atomic E-state index is 12.6. The average Bonchev–Trinajstić information content (AvgIpc) is 3.29. The highest BCUT2D eigenvalue weighted by molar-refractivity contribution is 14.0. The van der Waals surface area contributed by atoms with Crippen LogP contribution in [-0.4, -0.2) is 68.5 Å². The van der Waals surface area contributed by atoms with Gasteiger partial charge in [0.15, 0.2) is 5.96 Å². The van der Waals surface area contributed by atoms with E-state index in [0.717, 1.165) is 63.9 Å². The Labute approximate surface area is 213 Å². The van der Waals surface area contributed by atoms with Crippen molar-refractivity contribution in [3.8, 4) is 5.75 Å². The number of rotatable bonds is 6. The summed E-state index contributed by atoms with van der Waals surface area (Å²) in [7, 11) is 3.51. The lowest BCUT2D eigenvalue weighted by atomic mass is 10.1. The maximum absolute atomic E-state index is 12.6. The number of anilines is 1. The number of aliphatic imine (C=N–C) groups is 1. The summed E-state index contributed by atoms with van der Waals surface area (Å²) in [4.78, 5) is 23.7. The molecule has 2 aromatic rings. The highest BCUT2D eigenvalue weighted by atomic mass is 127. The number of ether oxygens (including phenoxy) is 1. The quantitative estimate of drug-likeness (QED) is 0.253. The van der Waals surface area contributed by atoms with Crippen molar-refractivity contribution in [2.45, 2.75) is 25.9 Å². The number of halogens is 1. The van der Waals surface area contributed by atoms with Crippen LogP contribution in [0.15, 0.2) is 53.5 Å². The summed E-state index contributed by atoms with van der Waals surface area (Å²) in [5.74, 6) is 2.02. The molecule has 4 rings (SSSR count). The van der Waals surface area contributed by atoms with Crippen LogP contribution in [0.4, 0.5) is 5.69 Å². The number of guanidine groups is 1. The fraction of sp³-hybridized carbons (Fsp3) is 0.440. The second-order valence-electron chi connectivity index (χ2n) is 8.27. The van der Waals surface area contributed by atoms with Gasteiger partial charge in [-0.3, -0.25) is 9.79 Å². The summed E-state index contributed by atoms with van der Waals surface area (Å²) in [6, 6.07) is 16.5. The number of methoxy groups -OCH3 is 1. The lowest BCUT2D eigenvalue weighted by molar-refractivity contribution is -0.131. The van der Waals surface area contributed by atoms with Gasteiger partial charge in [-0.15, -0.1) is 24.0 Å². The molecule has 1 N–H and O–H groups in total. The third kappa shape index (κ3) is 6.31. The molecule has 0 saturated carbocycles. The minimum Gasteiger partial charge on any atom is -0.497 e. The van der Waals surface area contributed by atoms with Crippen molar-refractivity contribution in [3.63, 3.8) is 0 Å². The molecule has 1 fully saturated rings. The molecular weight excluding hydrogens is 529 g/mol. The van der Waals surface area contributed by atoms with Gasteiger partial charge in [-0.05, 0) is 41.8 Å². The smallest absolute Gasteiger partial charge is 0.223 e. The first kappa shape index (κ1) is 25.1. The average molecular weight is 563 g/mol. The van der Waals surface area contributed by atoms with Crippen molar-refractivity contribution in [1.82, 2.24) is 15.1 Å². The van der Waals surface area contributed by atoms with E-state index >= 15 is 0 Å². The summed E-state index contributed by atoms with van der Waals surface area (Å²) in [6.07, 6.45) is 1.36. The van der Waals surface area contributed by atoms with E-state index in [2.05, 4.69) is 44.4 Å². The molecule has 0 bridgehead atoms. The Kier molecular flexibility index (Phi) is 9.22. The van der Waals surface area contributed by atoms with Crippen molar-refractivity contribution in [1.29, 1.82) is 0 Å². The van der Waals surface area contributed by atoms with E-state index in [4.69, 9.17) is 4.74 Å². The second kappa shape index (κ2) is 12.1. The number of nitrogens with one attached hydrogen (secondary N) is 1. The number of carbonyl (C=O) groups excluding carboxylic acids is 1. The normalized spacial score (nSPS) is 15.7. The monoisotopic (exact) mass is 563 g/mol. The van der Waals surface area contributed by atoms with Crippen LogP contribution < -0.4 is 15.0 Å². The topological polar surface area (TPSA) is 60.4 Å². The lowest BCUT2D eigenvalue weighted by Gasteiger charge is -2.37. The van der Waals surface area contributed by atoms with Crippen molar-refractivity contribution in [3.05, 3.63) is 59.7 Å². The first-order valence-electron chi connectivity index (χ1n) is 11.4. The van der Waals surface area contributed by atoms with Crippen LogP contribution in [0, 0.1) is 0 Å². The zero-order valence-electron chi connectivity index (χ0n) is 19.5. The number of hydrogen-bond acceptors (Lipinski definition) is 4. The summed E-state index contributed by atoms with van der Waals surface area (Å²) in [5, 5.41) is 3.44. The summed E-state index contributed by atoms with van der Waals surface area (Å²) >= 11 is 0. The Morgan fingerprint density at radius 2 is 1.61 bits per heavy atom. The Hall–Kier alpha value is -2.49. The van der Waals surface area contributed by atoms with Gasteiger partial charge in [-0.25, -0.2) is 0 Å². The van der Waals surface area contributed by atoms with Gasteiger partial charge >= 0.3 is 0 Å². The fourth-order valence-electron chi connectivity index (χ4n) is 4.41. The predicted molar refractivity (Wildman–Crippen MR) is 143 cm³/mol. The Morgan fingerprint density at radius 1 is 0.970 bits per heavy atom. The van der Waals surface area contributed by atoms with Crippen LogP contribution in [0.3, 0.4) is 0 Å². The van der Waals surface area contributed by atoms with E-state index in [1.165, 1.54) is 16.8 Å². The van der Waals surface area contributed by atoms with Gasteiger partial charge in [0.25, 0.3) is 0 Å². The zero-order valence-corrected chi connectivity index (χ0v) is 21.8. The number of amides is 1. The molecule has 33 heavy (non-hydrogen) atoms. The largest absolute Gasteiger partial charge is 0.497 e. The van der Waals surface area contributed by atoms with Crippen molar-refractivity contribution < 1.29 is 9.53 Å². The molecule has 7 nitrogen and oxygen atoms in total. The van der Waals surface area contributed by atoms with Gasteiger partial charge in [0.1, 0.15) is 5.75 Å². The van der Waals surface area contributed by atoms with Crippen LogP contribution in [-0.2, 0) is 17.9 Å². The lowest BCUT2D eigenvalue weighted by Crippen LogP contribution is -2.52. The van der Waals surface area contributed by atoms with E-state index < -0.39 is 0 Å². The molecule has 2 aliphatic heterocycles. The molecule has 8 heteroatoms. The first-order chi connectivity index (χ1) is 15.7. The van der Waals surface area contributed by atoms with Crippen LogP contribution in [0.5, 0.6) is 5.75 Å². The standard InChI is InChI=1S/C25H33N5O2.HI/c1-26-25(29-16-14-28(15-17-29)22-9-11-23(32-2)12-10-22)27-13-5-8-24(31)30-18-20-6-3-4-7-21(20)19-30;/h3-4,6-7,9-12H,5,8,13-19H2,1-2H3,(H,26,27);1H. The van der Waals surface area contributed by atoms with Crippen molar-refractivity contribution in [2.75, 3.05) is 51.8 Å². The highest BCUT2D eigenvalue weighted by Gasteiger charge is 2.23. The predicted octanol–water partition coefficient (Wildman–Crippen LogP) is 3.33. The molecule has 1 amide bonds. The number of nitrogens with zero attached hydrogens (tertiary/aromatic N) is 4. The van der Waals surface area contributed by atoms with E-state index in [0.29, 0.717) is 6.42 Å². The number of benzene rings is 2. The van der Waals surface area contributed by atoms with Gasteiger partial charge < -0.3 is 24.8 Å². The minimum absolute atomic E-state index is 0. The molecule has 178 valence electrons. The van der Waals surface area contributed by atoms with Crippen LogP contribution in [0.1, 0.15) is 24.0 Å². The Balaban J connectivity index is 0.00000306. The van der Waals surface area contributed by atoms with Gasteiger partial charge in [-0.2, -0.15) is 0 Å². The van der Waals surface area contributed by atoms with Crippen LogP contribution in [0.2, 0.25) is 0 Å². The third-order valence-electron chi connectivity index (χ3n) is 6.27. The molecule has 0 unspecified atom stereocenters. The summed E-state index contributed by atoms with van der Waals surface area (Å²) in [6.45, 7) is 5.94. The number of piperazine rings is 1. The van der Waals surface area contributed by atoms with Crippen LogP contribution >= 0.6 is 24.0 Å². The van der Waals surface area contributed by atoms with E-state index in [-0.39, 0.29) is 29.9 Å². The van der Waals surface area contributed by atoms with Gasteiger partial charge in [0.2, 0.25) is 5.91 Å². The highest BCUT2D eigenvalue weighted by Crippen LogP contribution is 2.23. The molecule has 0 aromatic heterocycles. The van der Waals surface area contributed by atoms with E-state index in [1.54, 1.807) is 7.11 Å². The molecule has 2 aromatic carbocycles. The SMILES string of the molecule is CN=C(NCCCC(=O)N1Cc2ccccc2C1)N1CCN(c2ccc(OC)cc2)CC1.I. The molecule has 0 radical (unpaired) electrons. The number of fused-ring (bicyclic) bond motifs is 1. The first-order valence-corrected chi connectivity index (χ1v) is 11.4. The maximum Gasteiger partial charge on any atom is 0.223 e. The van der Waals surface area contributed by atoms with Crippen LogP contribution in [0.25, 0.3) is 0 Å². The molecule has 0 atom stereocenters. The van der Waals surface area contributed by atoms with Gasteiger partial charge in [-0.1, -0.05) is 24.3 Å². The molecule has 2 aliphatic rings. The number of hydrogen-bond donors (Lipinski definition) is 1. The molecular formula is C25H34IN5O2. The molecule has 2 heterocycles. The Morgan fingerprint density at radius 3 is 2.18 bits per heavy atom. The fourth-order valence-corrected chi connectivity index (χ4v) is 4.41. The molecule has 1 saturated heterocycles. The van der Waals surface area contributed by atoms with E-state index in [9.17, 15) is 4.79 Å². The van der Waals surface area contributed by atoms with Gasteiger partial charge in [0, 0.05) is 65.0 Å². The minimum atomic E-state index is 0. The van der Waals surface area contributed by atoms with Crippen molar-refractivity contribution in [2.24, 2.45) is 4.99 Å². The summed E-state index contributed by atoms with van der Waals surface area (Å²) < 4.78 is 5.25. The van der Waals surface area contributed by atoms with Crippen molar-refractivity contribution >= 4 is 41.5 Å². The van der Waals surface area contributed by atoms with Gasteiger partial charge in [0.05, 0.1) is 7.11 Å². The van der Waals surface area contributed by atoms with E-state index in [1.807, 2.05) is 36.2 Å². The third-order valence-corrected chi connectivity index (χ3v) is 6.27. The second-order valence-corrected chi connectivity index (χ2v) is 8.27. The molecule has 0 spiro atoms.